The van der Waals surface area contributed by atoms with Crippen LogP contribution in [0.4, 0.5) is 79.0 Å². The molecule has 6 aromatic carbocycles. The lowest BCUT2D eigenvalue weighted by molar-refractivity contribution is 0.281. The summed E-state index contributed by atoms with van der Waals surface area (Å²) >= 11 is 0. The van der Waals surface area contributed by atoms with E-state index in [4.69, 9.17) is 0 Å². The summed E-state index contributed by atoms with van der Waals surface area (Å²) in [4.78, 5) is 0. The second-order valence-corrected chi connectivity index (χ2v) is 11.4. The van der Waals surface area contributed by atoms with Crippen LogP contribution in [0.15, 0.2) is 0 Å². The first-order valence-corrected chi connectivity index (χ1v) is 14.5. The van der Waals surface area contributed by atoms with E-state index >= 15 is 39.5 Å². The number of rotatable bonds is 6. The van der Waals surface area contributed by atoms with Gasteiger partial charge < -0.3 is 14.0 Å². The predicted octanol–water partition coefficient (Wildman–Crippen LogP) is 11.1. The van der Waals surface area contributed by atoms with Crippen LogP contribution >= 0.6 is 0 Å². The minimum absolute atomic E-state index is 0.459. The van der Waals surface area contributed by atoms with E-state index in [1.54, 1.807) is 0 Å². The maximum Gasteiger partial charge on any atom is 0.864 e. The van der Waals surface area contributed by atoms with Crippen molar-refractivity contribution in [2.24, 2.45) is 0 Å². The number of halogens is 18. The number of benzene rings is 6. The van der Waals surface area contributed by atoms with E-state index in [2.05, 4.69) is 14.0 Å². The summed E-state index contributed by atoms with van der Waals surface area (Å²) < 4.78 is 284. The van der Waals surface area contributed by atoms with Crippen LogP contribution in [0.25, 0.3) is 32.3 Å². The van der Waals surface area contributed by atoms with Crippen molar-refractivity contribution in [2.75, 3.05) is 0 Å². The lowest BCUT2D eigenvalue weighted by Crippen LogP contribution is -2.38. The molecular weight excluding hydrogens is 797 g/mol. The molecule has 22 heteroatoms. The lowest BCUT2D eigenvalue weighted by atomic mass is 10.0. The second-order valence-electron chi connectivity index (χ2n) is 11.4. The van der Waals surface area contributed by atoms with Crippen LogP contribution in [0.3, 0.4) is 0 Å². The zero-order valence-electron chi connectivity index (χ0n) is 26.6. The summed E-state index contributed by atoms with van der Waals surface area (Å²) in [6.45, 7) is 1.38. The molecule has 0 spiro atoms. The first-order valence-electron chi connectivity index (χ1n) is 14.5. The van der Waals surface area contributed by atoms with E-state index in [1.165, 1.54) is 0 Å². The molecule has 0 bridgehead atoms. The van der Waals surface area contributed by atoms with E-state index < -0.39 is 178 Å². The van der Waals surface area contributed by atoms with E-state index in [0.717, 1.165) is 0 Å². The summed E-state index contributed by atoms with van der Waals surface area (Å²) in [6.07, 6.45) is 0. The third-order valence-corrected chi connectivity index (χ3v) is 8.36. The summed E-state index contributed by atoms with van der Waals surface area (Å²) in [6, 6.07) is 0. The Morgan fingerprint density at radius 1 is 0.236 bits per heavy atom. The van der Waals surface area contributed by atoms with Crippen LogP contribution in [-0.4, -0.2) is 7.32 Å². The van der Waals surface area contributed by atoms with Gasteiger partial charge in [-0.15, -0.1) is 0 Å². The molecular formula is C33H9BF18O3. The van der Waals surface area contributed by atoms with Gasteiger partial charge in [0.15, 0.2) is 87.1 Å². The van der Waals surface area contributed by atoms with Crippen molar-refractivity contribution in [2.45, 2.75) is 20.8 Å². The van der Waals surface area contributed by atoms with Crippen LogP contribution in [-0.2, 0) is 0 Å². The van der Waals surface area contributed by atoms with Gasteiger partial charge in [0.25, 0.3) is 0 Å². The largest absolute Gasteiger partial charge is 0.864 e. The van der Waals surface area contributed by atoms with Gasteiger partial charge in [-0.25, -0.2) is 65.9 Å². The van der Waals surface area contributed by atoms with Gasteiger partial charge >= 0.3 is 7.32 Å². The third-order valence-electron chi connectivity index (χ3n) is 8.36. The van der Waals surface area contributed by atoms with Crippen molar-refractivity contribution in [3.63, 3.8) is 0 Å². The van der Waals surface area contributed by atoms with Crippen molar-refractivity contribution in [3.05, 3.63) is 121 Å². The monoisotopic (exact) mass is 806 g/mol. The van der Waals surface area contributed by atoms with Crippen LogP contribution in [0.1, 0.15) is 16.7 Å². The zero-order valence-corrected chi connectivity index (χ0v) is 26.6. The molecule has 55 heavy (non-hydrogen) atoms. The summed E-state index contributed by atoms with van der Waals surface area (Å²) in [5, 5.41) is -12.3. The molecule has 0 aliphatic heterocycles. The summed E-state index contributed by atoms with van der Waals surface area (Å²) in [7, 11) is -3.92. The van der Waals surface area contributed by atoms with Gasteiger partial charge in [-0.3, -0.25) is 0 Å². The normalized spacial score (nSPS) is 11.7. The van der Waals surface area contributed by atoms with Gasteiger partial charge in [0, 0.05) is 16.7 Å². The highest BCUT2D eigenvalue weighted by molar-refractivity contribution is 6.40. The summed E-state index contributed by atoms with van der Waals surface area (Å²) in [5.74, 6) is -52.8. The molecule has 0 saturated carbocycles. The Labute approximate surface area is 292 Å². The maximum atomic E-state index is 15.4. The van der Waals surface area contributed by atoms with Crippen LogP contribution < -0.4 is 14.0 Å². The van der Waals surface area contributed by atoms with E-state index in [9.17, 15) is 39.5 Å². The van der Waals surface area contributed by atoms with Gasteiger partial charge in [-0.05, 0) is 20.8 Å². The molecule has 0 radical (unpaired) electrons. The van der Waals surface area contributed by atoms with Gasteiger partial charge in [0.2, 0.25) is 17.5 Å². The van der Waals surface area contributed by atoms with Crippen molar-refractivity contribution >= 4 is 39.6 Å². The maximum absolute atomic E-state index is 15.4. The molecule has 0 aliphatic rings. The Hall–Kier alpha value is -5.70. The standard InChI is InChI=1S/C33H9BF18O3/c1-4-13(35)7-10(22(44)16(4)38)31(28(50)25(47)19(7)41)53-34(54-32-11-8(20(42)26(48)29(32)51)14(36)5(2)17(39)23(11)45)55-33-12-9(21(43)27(49)30(33)52)15(37)6(3)18(40)24(12)46/h1-3H3. The highest BCUT2D eigenvalue weighted by Gasteiger charge is 2.42. The average Bonchev–Trinajstić information content (AvgIpc) is 3.15. The van der Waals surface area contributed by atoms with Crippen molar-refractivity contribution < 1.29 is 93.0 Å². The van der Waals surface area contributed by atoms with Gasteiger partial charge in [0.1, 0.15) is 17.5 Å². The second kappa shape index (κ2) is 13.3. The van der Waals surface area contributed by atoms with Gasteiger partial charge in [0.05, 0.1) is 32.3 Å². The molecule has 0 aliphatic carbocycles. The van der Waals surface area contributed by atoms with E-state index in [-0.39, 0.29) is 0 Å². The van der Waals surface area contributed by atoms with E-state index in [1.807, 2.05) is 0 Å². The van der Waals surface area contributed by atoms with E-state index in [0.29, 0.717) is 20.8 Å². The van der Waals surface area contributed by atoms with Gasteiger partial charge in [-0.2, -0.15) is 13.2 Å². The quantitative estimate of drug-likeness (QED) is 0.0726. The van der Waals surface area contributed by atoms with Crippen molar-refractivity contribution in [1.29, 1.82) is 0 Å². The number of fused-ring (bicyclic) bond motifs is 3. The topological polar surface area (TPSA) is 27.7 Å². The molecule has 288 valence electrons. The molecule has 0 N–H and O–H groups in total. The molecule has 0 fully saturated rings. The molecule has 0 saturated heterocycles. The highest BCUT2D eigenvalue weighted by atomic mass is 19.2. The van der Waals surface area contributed by atoms with Crippen molar-refractivity contribution in [3.8, 4) is 17.2 Å². The fourth-order valence-corrected chi connectivity index (χ4v) is 5.53. The summed E-state index contributed by atoms with van der Waals surface area (Å²) in [5.41, 5.74) is -4.17. The molecule has 0 heterocycles. The molecule has 0 amide bonds. The highest BCUT2D eigenvalue weighted by Crippen LogP contribution is 2.44. The lowest BCUT2D eigenvalue weighted by Gasteiger charge is -2.22. The average molecular weight is 806 g/mol. The fourth-order valence-electron chi connectivity index (χ4n) is 5.53. The molecule has 0 aromatic heterocycles. The first kappa shape index (κ1) is 39.0. The Morgan fingerprint density at radius 3 is 0.655 bits per heavy atom. The molecule has 6 aromatic rings. The first-order chi connectivity index (χ1) is 25.6. The SMILES string of the molecule is Cc1c(F)c(F)c2c(OB(Oc3c(F)c(F)c(F)c4c(F)c(C)c(F)c(F)c34)Oc3c(F)c(F)c(F)c4c(F)c(C)c(F)c(F)c34)c(F)c(F)c(F)c2c1F. The molecule has 0 unspecified atom stereocenters. The van der Waals surface area contributed by atoms with Crippen LogP contribution in [0.5, 0.6) is 17.2 Å². The minimum atomic E-state index is -3.92. The smallest absolute Gasteiger partial charge is 0.486 e. The Bertz CT molecular complexity index is 2400. The van der Waals surface area contributed by atoms with Crippen molar-refractivity contribution in [1.82, 2.24) is 0 Å². The molecule has 3 nitrogen and oxygen atoms in total. The molecule has 6 rings (SSSR count). The Balaban J connectivity index is 1.74. The van der Waals surface area contributed by atoms with Crippen LogP contribution in [0, 0.1) is 125 Å². The zero-order chi connectivity index (χ0) is 41.0. The number of hydrogen-bond acceptors (Lipinski definition) is 3. The van der Waals surface area contributed by atoms with Gasteiger partial charge in [-0.1, -0.05) is 0 Å². The Kier molecular flexibility index (Phi) is 9.40. The molecule has 0 atom stereocenters. The minimum Gasteiger partial charge on any atom is -0.486 e. The number of hydrogen-bond donors (Lipinski definition) is 0. The van der Waals surface area contributed by atoms with Crippen LogP contribution in [0.2, 0.25) is 0 Å². The predicted molar refractivity (Wildman–Crippen MR) is 153 cm³/mol. The Morgan fingerprint density at radius 2 is 0.436 bits per heavy atom. The fraction of sp³-hybridized carbons (Fsp3) is 0.0909. The third kappa shape index (κ3) is 5.41.